The Bertz CT molecular complexity index is 1200. The van der Waals surface area contributed by atoms with Gasteiger partial charge in [-0.1, -0.05) is 78.9 Å². The molecule has 1 aliphatic rings. The summed E-state index contributed by atoms with van der Waals surface area (Å²) in [5.41, 5.74) is 5.15. The van der Waals surface area contributed by atoms with Gasteiger partial charge in [0.05, 0.1) is 17.7 Å². The van der Waals surface area contributed by atoms with Crippen LogP contribution in [0.25, 0.3) is 6.08 Å². The van der Waals surface area contributed by atoms with Crippen LogP contribution in [-0.4, -0.2) is 17.3 Å². The quantitative estimate of drug-likeness (QED) is 0.286. The molecule has 0 saturated carbocycles. The molecule has 0 radical (unpaired) electrons. The number of methoxy groups -OCH3 is 1. The third-order valence-corrected chi connectivity index (χ3v) is 6.70. The van der Waals surface area contributed by atoms with Gasteiger partial charge in [-0.3, -0.25) is 9.69 Å². The van der Waals surface area contributed by atoms with E-state index in [0.717, 1.165) is 23.2 Å². The smallest absolute Gasteiger partial charge is 0.270 e. The molecule has 1 saturated heterocycles. The monoisotopic (exact) mass is 475 g/mol. The van der Waals surface area contributed by atoms with Crippen LogP contribution in [-0.2, 0) is 17.8 Å². The van der Waals surface area contributed by atoms with Crippen LogP contribution in [0.15, 0.2) is 71.6 Å². The fourth-order valence-corrected chi connectivity index (χ4v) is 4.76. The molecule has 0 N–H and O–H groups in total. The second kappa shape index (κ2) is 10.2. The number of aryl methyl sites for hydroxylation is 2. The molecular weight excluding hydrogens is 450 g/mol. The third kappa shape index (κ3) is 5.29. The fourth-order valence-electron chi connectivity index (χ4n) is 3.46. The number of carbonyl (C=O) groups excluding carboxylic acids is 1. The number of rotatable bonds is 7. The van der Waals surface area contributed by atoms with Crippen molar-refractivity contribution >= 4 is 46.0 Å². The minimum absolute atomic E-state index is 0.118. The van der Waals surface area contributed by atoms with E-state index in [4.69, 9.17) is 21.7 Å². The molecule has 3 aromatic carbocycles. The Balaban J connectivity index is 1.51. The van der Waals surface area contributed by atoms with Crippen LogP contribution in [0, 0.1) is 6.92 Å². The zero-order chi connectivity index (χ0) is 23.4. The molecule has 0 unspecified atom stereocenters. The van der Waals surface area contributed by atoms with Crippen molar-refractivity contribution in [3.8, 4) is 11.5 Å². The SMILES string of the molecule is CCc1ccc(N2C(=O)/C(=C/c3ccc(OCc4ccc(C)cc4)c(OC)c3)SC2=S)cc1. The van der Waals surface area contributed by atoms with E-state index in [9.17, 15) is 4.79 Å². The number of ether oxygens (including phenoxy) is 2. The Labute approximate surface area is 204 Å². The number of anilines is 1. The molecule has 1 aliphatic heterocycles. The van der Waals surface area contributed by atoms with E-state index in [1.807, 2.05) is 60.7 Å². The lowest BCUT2D eigenvalue weighted by molar-refractivity contribution is -0.113. The van der Waals surface area contributed by atoms with Crippen LogP contribution in [0.5, 0.6) is 11.5 Å². The minimum atomic E-state index is -0.118. The summed E-state index contributed by atoms with van der Waals surface area (Å²) in [6.45, 7) is 4.61. The number of nitrogens with zero attached hydrogens (tertiary/aromatic N) is 1. The number of hydrogen-bond donors (Lipinski definition) is 0. The Hall–Kier alpha value is -3.09. The van der Waals surface area contributed by atoms with Crippen LogP contribution >= 0.6 is 24.0 Å². The van der Waals surface area contributed by atoms with Crippen LogP contribution < -0.4 is 14.4 Å². The van der Waals surface area contributed by atoms with Crippen LogP contribution in [0.1, 0.15) is 29.2 Å². The molecule has 4 nitrogen and oxygen atoms in total. The molecule has 33 heavy (non-hydrogen) atoms. The van der Waals surface area contributed by atoms with E-state index in [0.29, 0.717) is 27.3 Å². The second-order valence-electron chi connectivity index (χ2n) is 7.72. The summed E-state index contributed by atoms with van der Waals surface area (Å²) >= 11 is 6.80. The molecule has 1 fully saturated rings. The molecule has 0 aliphatic carbocycles. The first-order chi connectivity index (χ1) is 16.0. The van der Waals surface area contributed by atoms with Gasteiger partial charge >= 0.3 is 0 Å². The molecular formula is C27H25NO3S2. The lowest BCUT2D eigenvalue weighted by Gasteiger charge is -2.14. The number of thioether (sulfide) groups is 1. The zero-order valence-corrected chi connectivity index (χ0v) is 20.5. The van der Waals surface area contributed by atoms with E-state index in [2.05, 4.69) is 26.0 Å². The van der Waals surface area contributed by atoms with E-state index in [1.165, 1.54) is 22.9 Å². The van der Waals surface area contributed by atoms with E-state index < -0.39 is 0 Å². The van der Waals surface area contributed by atoms with Crippen molar-refractivity contribution in [2.75, 3.05) is 12.0 Å². The Morgan fingerprint density at radius 3 is 2.33 bits per heavy atom. The maximum Gasteiger partial charge on any atom is 0.270 e. The lowest BCUT2D eigenvalue weighted by atomic mass is 10.1. The van der Waals surface area contributed by atoms with Crippen LogP contribution in [0.2, 0.25) is 0 Å². The van der Waals surface area contributed by atoms with Gasteiger partial charge < -0.3 is 9.47 Å². The van der Waals surface area contributed by atoms with Crippen molar-refractivity contribution in [1.29, 1.82) is 0 Å². The van der Waals surface area contributed by atoms with E-state index in [1.54, 1.807) is 12.0 Å². The van der Waals surface area contributed by atoms with Gasteiger partial charge in [0, 0.05) is 0 Å². The second-order valence-corrected chi connectivity index (χ2v) is 9.40. The maximum atomic E-state index is 13.1. The van der Waals surface area contributed by atoms with Crippen molar-refractivity contribution in [3.63, 3.8) is 0 Å². The predicted molar refractivity (Wildman–Crippen MR) is 140 cm³/mol. The van der Waals surface area contributed by atoms with Gasteiger partial charge in [0.1, 0.15) is 6.61 Å². The van der Waals surface area contributed by atoms with Gasteiger partial charge in [-0.2, -0.15) is 0 Å². The highest BCUT2D eigenvalue weighted by Crippen LogP contribution is 2.37. The molecule has 3 aromatic rings. The summed E-state index contributed by atoms with van der Waals surface area (Å²) in [4.78, 5) is 15.2. The molecule has 6 heteroatoms. The Kier molecular flexibility index (Phi) is 7.16. The van der Waals surface area contributed by atoms with Gasteiger partial charge in [-0.15, -0.1) is 0 Å². The van der Waals surface area contributed by atoms with Gasteiger partial charge in [0.15, 0.2) is 15.8 Å². The average Bonchev–Trinajstić information content (AvgIpc) is 3.11. The first-order valence-electron chi connectivity index (χ1n) is 10.7. The van der Waals surface area contributed by atoms with Gasteiger partial charge in [0.2, 0.25) is 0 Å². The average molecular weight is 476 g/mol. The summed E-state index contributed by atoms with van der Waals surface area (Å²) in [6.07, 6.45) is 2.79. The standard InChI is InChI=1S/C27H25NO3S2/c1-4-19-9-12-22(13-10-19)28-26(29)25(33-27(28)32)16-21-11-14-23(24(15-21)30-3)31-17-20-7-5-18(2)6-8-20/h5-16H,4,17H2,1-3H3/b25-16-. The maximum absolute atomic E-state index is 13.1. The van der Waals surface area contributed by atoms with Crippen molar-refractivity contribution in [2.24, 2.45) is 0 Å². The number of carbonyl (C=O) groups is 1. The number of hydrogen-bond acceptors (Lipinski definition) is 5. The van der Waals surface area contributed by atoms with Crippen LogP contribution in [0.4, 0.5) is 5.69 Å². The van der Waals surface area contributed by atoms with Gasteiger partial charge in [-0.05, 0) is 60.4 Å². The third-order valence-electron chi connectivity index (χ3n) is 5.40. The zero-order valence-electron chi connectivity index (χ0n) is 18.8. The summed E-state index contributed by atoms with van der Waals surface area (Å²) in [6, 6.07) is 21.8. The molecule has 0 aromatic heterocycles. The number of benzene rings is 3. The first kappa shape index (κ1) is 23.1. The summed E-state index contributed by atoms with van der Waals surface area (Å²) in [5.74, 6) is 1.15. The highest BCUT2D eigenvalue weighted by Gasteiger charge is 2.33. The molecule has 0 spiro atoms. The normalized spacial score (nSPS) is 14.8. The largest absolute Gasteiger partial charge is 0.493 e. The van der Waals surface area contributed by atoms with Crippen molar-refractivity contribution in [2.45, 2.75) is 26.9 Å². The van der Waals surface area contributed by atoms with E-state index in [-0.39, 0.29) is 5.91 Å². The molecule has 0 bridgehead atoms. The molecule has 4 rings (SSSR count). The predicted octanol–water partition coefficient (Wildman–Crippen LogP) is 6.55. The molecule has 1 amide bonds. The highest BCUT2D eigenvalue weighted by atomic mass is 32.2. The van der Waals surface area contributed by atoms with E-state index >= 15 is 0 Å². The first-order valence-corrected chi connectivity index (χ1v) is 11.9. The molecule has 168 valence electrons. The van der Waals surface area contributed by atoms with Gasteiger partial charge in [0.25, 0.3) is 5.91 Å². The Morgan fingerprint density at radius 1 is 0.970 bits per heavy atom. The summed E-state index contributed by atoms with van der Waals surface area (Å²) in [5, 5.41) is 0. The topological polar surface area (TPSA) is 38.8 Å². The lowest BCUT2D eigenvalue weighted by Crippen LogP contribution is -2.27. The van der Waals surface area contributed by atoms with Crippen LogP contribution in [0.3, 0.4) is 0 Å². The fraction of sp³-hybridized carbons (Fsp3) is 0.185. The summed E-state index contributed by atoms with van der Waals surface area (Å²) < 4.78 is 12.0. The molecule has 1 heterocycles. The summed E-state index contributed by atoms with van der Waals surface area (Å²) in [7, 11) is 1.61. The molecule has 0 atom stereocenters. The minimum Gasteiger partial charge on any atom is -0.493 e. The van der Waals surface area contributed by atoms with Crippen molar-refractivity contribution in [1.82, 2.24) is 0 Å². The van der Waals surface area contributed by atoms with Crippen molar-refractivity contribution in [3.05, 3.63) is 93.9 Å². The highest BCUT2D eigenvalue weighted by molar-refractivity contribution is 8.27. The van der Waals surface area contributed by atoms with Gasteiger partial charge in [-0.25, -0.2) is 0 Å². The Morgan fingerprint density at radius 2 is 1.67 bits per heavy atom. The van der Waals surface area contributed by atoms with Crippen molar-refractivity contribution < 1.29 is 14.3 Å². The number of amides is 1. The number of thiocarbonyl (C=S) groups is 1.